The van der Waals surface area contributed by atoms with Crippen LogP contribution in [0, 0.1) is 0 Å². The average Bonchev–Trinajstić information content (AvgIpc) is 2.01. The zero-order valence-corrected chi connectivity index (χ0v) is 8.63. The summed E-state index contributed by atoms with van der Waals surface area (Å²) in [5.74, 6) is -0.0487. The summed E-state index contributed by atoms with van der Waals surface area (Å²) < 4.78 is 5.03. The van der Waals surface area contributed by atoms with Gasteiger partial charge in [0.05, 0.1) is 0 Å². The largest absolute Gasteiger partial charge is 0.463 e. The summed E-state index contributed by atoms with van der Waals surface area (Å²) in [6, 6.07) is 0. The van der Waals surface area contributed by atoms with E-state index in [1.54, 1.807) is 6.92 Å². The van der Waals surface area contributed by atoms with Crippen LogP contribution in [-0.4, -0.2) is 17.9 Å². The first-order chi connectivity index (χ1) is 6.06. The molecule has 0 rings (SSSR count). The second-order valence-corrected chi connectivity index (χ2v) is 3.23. The molecule has 0 fully saturated rings. The number of Topliss-reactive ketones (excluding diaryl/α,β-unsaturated/α-hetero) is 1. The molecule has 0 aliphatic rings. The molecule has 0 N–H and O–H groups in total. The Bertz CT molecular complexity index is 175. The van der Waals surface area contributed by atoms with E-state index in [1.807, 2.05) is 6.92 Å². The van der Waals surface area contributed by atoms with E-state index in [2.05, 4.69) is 0 Å². The number of hydrogen-bond donors (Lipinski definition) is 0. The number of esters is 1. The molecular formula is C10H18O3. The van der Waals surface area contributed by atoms with E-state index < -0.39 is 0 Å². The van der Waals surface area contributed by atoms with E-state index in [0.29, 0.717) is 6.42 Å². The molecule has 0 saturated heterocycles. The van der Waals surface area contributed by atoms with E-state index in [-0.39, 0.29) is 17.9 Å². The molecule has 0 amide bonds. The molecule has 0 aliphatic carbocycles. The highest BCUT2D eigenvalue weighted by atomic mass is 16.5. The van der Waals surface area contributed by atoms with E-state index in [9.17, 15) is 9.59 Å². The van der Waals surface area contributed by atoms with Gasteiger partial charge >= 0.3 is 5.97 Å². The van der Waals surface area contributed by atoms with E-state index in [1.165, 1.54) is 6.92 Å². The van der Waals surface area contributed by atoms with Gasteiger partial charge in [0.15, 0.2) is 0 Å². The van der Waals surface area contributed by atoms with Crippen LogP contribution in [0.5, 0.6) is 0 Å². The number of ether oxygens (including phenoxy) is 1. The Kier molecular flexibility index (Phi) is 6.20. The molecule has 1 unspecified atom stereocenters. The standard InChI is InChI=1S/C10H18O3/c1-4-10(13-9(3)12)7-5-6-8(2)11/h10H,4-7H2,1-3H3. The Morgan fingerprint density at radius 2 is 1.92 bits per heavy atom. The normalized spacial score (nSPS) is 12.2. The number of carbonyl (C=O) groups is 2. The fraction of sp³-hybridized carbons (Fsp3) is 0.800. The average molecular weight is 186 g/mol. The van der Waals surface area contributed by atoms with Crippen molar-refractivity contribution >= 4 is 11.8 Å². The number of hydrogen-bond acceptors (Lipinski definition) is 3. The minimum atomic E-state index is -0.241. The van der Waals surface area contributed by atoms with Gasteiger partial charge in [0.1, 0.15) is 11.9 Å². The Labute approximate surface area is 79.5 Å². The summed E-state index contributed by atoms with van der Waals surface area (Å²) in [6.45, 7) is 4.96. The van der Waals surface area contributed by atoms with Crippen molar-refractivity contribution < 1.29 is 14.3 Å². The first-order valence-corrected chi connectivity index (χ1v) is 4.73. The Morgan fingerprint density at radius 1 is 1.31 bits per heavy atom. The highest BCUT2D eigenvalue weighted by Crippen LogP contribution is 2.09. The molecule has 3 nitrogen and oxygen atoms in total. The molecule has 0 saturated carbocycles. The molecule has 76 valence electrons. The van der Waals surface area contributed by atoms with Crippen LogP contribution in [0.3, 0.4) is 0 Å². The summed E-state index contributed by atoms with van der Waals surface area (Å²) in [6.07, 6.45) is 2.98. The SMILES string of the molecule is CCC(CCCC(C)=O)OC(C)=O. The molecule has 0 aliphatic heterocycles. The van der Waals surface area contributed by atoms with Crippen LogP contribution in [0.25, 0.3) is 0 Å². The van der Waals surface area contributed by atoms with Crippen LogP contribution < -0.4 is 0 Å². The fourth-order valence-electron chi connectivity index (χ4n) is 1.16. The maximum absolute atomic E-state index is 10.6. The summed E-state index contributed by atoms with van der Waals surface area (Å²) in [5, 5.41) is 0. The van der Waals surface area contributed by atoms with E-state index >= 15 is 0 Å². The smallest absolute Gasteiger partial charge is 0.302 e. The van der Waals surface area contributed by atoms with Crippen LogP contribution in [0.2, 0.25) is 0 Å². The Morgan fingerprint density at radius 3 is 2.31 bits per heavy atom. The lowest BCUT2D eigenvalue weighted by molar-refractivity contribution is -0.146. The van der Waals surface area contributed by atoms with Gasteiger partial charge in [0.25, 0.3) is 0 Å². The van der Waals surface area contributed by atoms with Crippen LogP contribution in [0.4, 0.5) is 0 Å². The lowest BCUT2D eigenvalue weighted by Crippen LogP contribution is -2.15. The van der Waals surface area contributed by atoms with Gasteiger partial charge in [0.2, 0.25) is 0 Å². The van der Waals surface area contributed by atoms with Crippen molar-refractivity contribution in [2.24, 2.45) is 0 Å². The van der Waals surface area contributed by atoms with Crippen molar-refractivity contribution in [3.05, 3.63) is 0 Å². The summed E-state index contributed by atoms with van der Waals surface area (Å²) in [5.41, 5.74) is 0. The number of rotatable bonds is 6. The first kappa shape index (κ1) is 12.1. The van der Waals surface area contributed by atoms with Gasteiger partial charge in [-0.25, -0.2) is 0 Å². The fourth-order valence-corrected chi connectivity index (χ4v) is 1.16. The van der Waals surface area contributed by atoms with Gasteiger partial charge in [0, 0.05) is 13.3 Å². The van der Waals surface area contributed by atoms with Crippen LogP contribution >= 0.6 is 0 Å². The Balaban J connectivity index is 3.59. The quantitative estimate of drug-likeness (QED) is 0.596. The topological polar surface area (TPSA) is 43.4 Å². The van der Waals surface area contributed by atoms with Crippen LogP contribution in [0.15, 0.2) is 0 Å². The maximum atomic E-state index is 10.6. The van der Waals surface area contributed by atoms with Crippen molar-refractivity contribution in [1.82, 2.24) is 0 Å². The van der Waals surface area contributed by atoms with Crippen molar-refractivity contribution in [3.8, 4) is 0 Å². The first-order valence-electron chi connectivity index (χ1n) is 4.73. The third-order valence-electron chi connectivity index (χ3n) is 1.84. The molecule has 0 bridgehead atoms. The highest BCUT2D eigenvalue weighted by Gasteiger charge is 2.09. The van der Waals surface area contributed by atoms with Gasteiger partial charge in [-0.1, -0.05) is 6.92 Å². The molecule has 0 aromatic carbocycles. The van der Waals surface area contributed by atoms with Crippen molar-refractivity contribution in [1.29, 1.82) is 0 Å². The summed E-state index contributed by atoms with van der Waals surface area (Å²) in [4.78, 5) is 21.2. The molecule has 0 aromatic rings. The third-order valence-corrected chi connectivity index (χ3v) is 1.84. The van der Waals surface area contributed by atoms with Crippen molar-refractivity contribution in [2.75, 3.05) is 0 Å². The predicted octanol–water partition coefficient (Wildman–Crippen LogP) is 2.09. The molecule has 1 atom stereocenters. The van der Waals surface area contributed by atoms with Gasteiger partial charge < -0.3 is 9.53 Å². The number of carbonyl (C=O) groups excluding carboxylic acids is 2. The minimum absolute atomic E-state index is 0.0168. The molecule has 0 aromatic heterocycles. The molecular weight excluding hydrogens is 168 g/mol. The van der Waals surface area contributed by atoms with Crippen molar-refractivity contribution in [3.63, 3.8) is 0 Å². The van der Waals surface area contributed by atoms with Crippen LogP contribution in [0.1, 0.15) is 46.5 Å². The summed E-state index contributed by atoms with van der Waals surface area (Å²) >= 11 is 0. The molecule has 3 heteroatoms. The third kappa shape index (κ3) is 7.50. The second kappa shape index (κ2) is 6.63. The molecule has 13 heavy (non-hydrogen) atoms. The van der Waals surface area contributed by atoms with Crippen LogP contribution in [-0.2, 0) is 14.3 Å². The molecule has 0 spiro atoms. The summed E-state index contributed by atoms with van der Waals surface area (Å²) in [7, 11) is 0. The predicted molar refractivity (Wildman–Crippen MR) is 50.4 cm³/mol. The number of ketones is 1. The second-order valence-electron chi connectivity index (χ2n) is 3.23. The Hall–Kier alpha value is -0.860. The van der Waals surface area contributed by atoms with Gasteiger partial charge in [-0.3, -0.25) is 4.79 Å². The van der Waals surface area contributed by atoms with E-state index in [0.717, 1.165) is 19.3 Å². The maximum Gasteiger partial charge on any atom is 0.302 e. The molecule has 0 radical (unpaired) electrons. The van der Waals surface area contributed by atoms with E-state index in [4.69, 9.17) is 4.74 Å². The van der Waals surface area contributed by atoms with Gasteiger partial charge in [-0.2, -0.15) is 0 Å². The zero-order chi connectivity index (χ0) is 10.3. The highest BCUT2D eigenvalue weighted by molar-refractivity contribution is 5.75. The monoisotopic (exact) mass is 186 g/mol. The van der Waals surface area contributed by atoms with Gasteiger partial charge in [-0.05, 0) is 26.2 Å². The molecule has 0 heterocycles. The minimum Gasteiger partial charge on any atom is -0.463 e. The lowest BCUT2D eigenvalue weighted by Gasteiger charge is -2.13. The van der Waals surface area contributed by atoms with Gasteiger partial charge in [-0.15, -0.1) is 0 Å². The lowest BCUT2D eigenvalue weighted by atomic mass is 10.1. The van der Waals surface area contributed by atoms with Crippen molar-refractivity contribution in [2.45, 2.75) is 52.6 Å². The zero-order valence-electron chi connectivity index (χ0n) is 8.63.